The molecule has 1 saturated carbocycles. The average Bonchev–Trinajstić information content (AvgIpc) is 2.80. The minimum Gasteiger partial charge on any atom is -0.393 e. The van der Waals surface area contributed by atoms with Crippen LogP contribution in [0.5, 0.6) is 0 Å². The van der Waals surface area contributed by atoms with E-state index in [1.165, 1.54) is 12.8 Å². The molecule has 0 atom stereocenters. The second kappa shape index (κ2) is 4.28. The minimum atomic E-state index is -0.0622. The van der Waals surface area contributed by atoms with Gasteiger partial charge in [0.2, 0.25) is 5.91 Å². The topological polar surface area (TPSA) is 55.1 Å². The van der Waals surface area contributed by atoms with Crippen molar-refractivity contribution in [3.63, 3.8) is 0 Å². The monoisotopic (exact) mass is 218 g/mol. The molecule has 0 radical (unpaired) electrons. The van der Waals surface area contributed by atoms with E-state index in [0.29, 0.717) is 4.75 Å². The molecule has 0 aromatic rings. The normalized spacial score (nSPS) is 17.9. The third kappa shape index (κ3) is 3.52. The molecule has 0 unspecified atom stereocenters. The van der Waals surface area contributed by atoms with Gasteiger partial charge in [-0.2, -0.15) is 11.8 Å². The first-order chi connectivity index (χ1) is 6.08. The Labute approximate surface area is 87.8 Å². The van der Waals surface area contributed by atoms with E-state index in [0.717, 1.165) is 6.54 Å². The number of nitrogens with one attached hydrogen (secondary N) is 1. The van der Waals surface area contributed by atoms with Crippen LogP contribution in [0.15, 0.2) is 0 Å². The van der Waals surface area contributed by atoms with Gasteiger partial charge in [0, 0.05) is 11.3 Å². The van der Waals surface area contributed by atoms with Crippen LogP contribution in [0.25, 0.3) is 0 Å². The van der Waals surface area contributed by atoms with E-state index in [-0.39, 0.29) is 17.3 Å². The number of hydrogen-bond donors (Lipinski definition) is 2. The molecule has 1 rings (SSSR count). The van der Waals surface area contributed by atoms with Gasteiger partial charge < -0.3 is 11.1 Å². The zero-order valence-electron chi connectivity index (χ0n) is 7.63. The maximum atomic E-state index is 11.2. The van der Waals surface area contributed by atoms with E-state index in [9.17, 15) is 4.79 Å². The summed E-state index contributed by atoms with van der Waals surface area (Å²) in [4.78, 5) is 11.4. The third-order valence-corrected chi connectivity index (χ3v) is 3.75. The molecule has 5 heteroatoms. The van der Waals surface area contributed by atoms with Gasteiger partial charge in [0.25, 0.3) is 0 Å². The molecule has 0 aliphatic heterocycles. The lowest BCUT2D eigenvalue weighted by Crippen LogP contribution is -2.33. The second-order valence-electron chi connectivity index (χ2n) is 3.31. The number of thioether (sulfide) groups is 1. The lowest BCUT2D eigenvalue weighted by molar-refractivity contribution is -0.119. The molecule has 0 heterocycles. The number of amides is 1. The van der Waals surface area contributed by atoms with Crippen molar-refractivity contribution in [3.8, 4) is 0 Å². The Kier molecular flexibility index (Phi) is 3.55. The summed E-state index contributed by atoms with van der Waals surface area (Å²) in [6, 6.07) is 0. The summed E-state index contributed by atoms with van der Waals surface area (Å²) in [7, 11) is 0. The van der Waals surface area contributed by atoms with Gasteiger partial charge in [-0.1, -0.05) is 12.2 Å². The van der Waals surface area contributed by atoms with Crippen LogP contribution in [-0.4, -0.2) is 28.4 Å². The molecule has 3 nitrogen and oxygen atoms in total. The highest BCUT2D eigenvalue weighted by atomic mass is 32.2. The van der Waals surface area contributed by atoms with Crippen LogP contribution in [0.1, 0.15) is 19.3 Å². The Bertz CT molecular complexity index is 226. The number of carbonyl (C=O) groups is 1. The number of rotatable bonds is 5. The van der Waals surface area contributed by atoms with Crippen molar-refractivity contribution in [1.29, 1.82) is 0 Å². The lowest BCUT2D eigenvalue weighted by atomic mass is 10.3. The van der Waals surface area contributed by atoms with Gasteiger partial charge in [-0.25, -0.2) is 0 Å². The fourth-order valence-corrected chi connectivity index (χ4v) is 1.93. The first-order valence-corrected chi connectivity index (χ1v) is 5.81. The van der Waals surface area contributed by atoms with Crippen molar-refractivity contribution >= 4 is 34.9 Å². The van der Waals surface area contributed by atoms with Crippen molar-refractivity contribution in [3.05, 3.63) is 0 Å². The number of hydrogen-bond acceptors (Lipinski definition) is 3. The molecule has 1 amide bonds. The number of thiocarbonyl (C=S) groups is 1. The molecule has 74 valence electrons. The molecule has 0 aromatic carbocycles. The maximum absolute atomic E-state index is 11.2. The minimum absolute atomic E-state index is 0.0622. The van der Waals surface area contributed by atoms with Gasteiger partial charge >= 0.3 is 0 Å². The predicted octanol–water partition coefficient (Wildman–Crippen LogP) is 0.674. The van der Waals surface area contributed by atoms with E-state index in [4.69, 9.17) is 5.73 Å². The molecule has 1 aliphatic rings. The van der Waals surface area contributed by atoms with E-state index in [1.807, 2.05) is 11.8 Å². The van der Waals surface area contributed by atoms with Gasteiger partial charge in [0.05, 0.1) is 11.4 Å². The molecule has 0 bridgehead atoms. The summed E-state index contributed by atoms with van der Waals surface area (Å²) < 4.78 is 0.311. The Morgan fingerprint density at radius 3 is 2.69 bits per heavy atom. The van der Waals surface area contributed by atoms with Crippen LogP contribution in [0.2, 0.25) is 0 Å². The van der Waals surface area contributed by atoms with Gasteiger partial charge in [0.1, 0.15) is 0 Å². The van der Waals surface area contributed by atoms with Gasteiger partial charge in [0.15, 0.2) is 0 Å². The fraction of sp³-hybridized carbons (Fsp3) is 0.750. The summed E-state index contributed by atoms with van der Waals surface area (Å²) in [6.07, 6.45) is 4.63. The van der Waals surface area contributed by atoms with Gasteiger partial charge in [-0.15, -0.1) is 0 Å². The molecule has 3 N–H and O–H groups in total. The molecule has 13 heavy (non-hydrogen) atoms. The van der Waals surface area contributed by atoms with Crippen molar-refractivity contribution < 1.29 is 4.79 Å². The summed E-state index contributed by atoms with van der Waals surface area (Å²) in [5, 5.41) is 2.84. The zero-order chi connectivity index (χ0) is 9.90. The molecule has 0 aromatic heterocycles. The highest BCUT2D eigenvalue weighted by Gasteiger charge is 2.41. The first-order valence-electron chi connectivity index (χ1n) is 4.18. The van der Waals surface area contributed by atoms with E-state index < -0.39 is 0 Å². The number of carbonyl (C=O) groups excluding carboxylic acids is 1. The fourth-order valence-electron chi connectivity index (χ4n) is 1.07. The molecular formula is C8H14N2OS2. The van der Waals surface area contributed by atoms with Crippen LogP contribution < -0.4 is 11.1 Å². The van der Waals surface area contributed by atoms with Gasteiger partial charge in [-0.3, -0.25) is 4.79 Å². The Morgan fingerprint density at radius 1 is 1.69 bits per heavy atom. The van der Waals surface area contributed by atoms with E-state index >= 15 is 0 Å². The van der Waals surface area contributed by atoms with Crippen LogP contribution in [0.3, 0.4) is 0 Å². The maximum Gasteiger partial charge on any atom is 0.226 e. The SMILES string of the molecule is CSC1(CNC(=O)CC(N)=S)CC1. The summed E-state index contributed by atoms with van der Waals surface area (Å²) in [5.74, 6) is -0.0622. The van der Waals surface area contributed by atoms with Crippen LogP contribution >= 0.6 is 24.0 Å². The highest BCUT2D eigenvalue weighted by Crippen LogP contribution is 2.46. The summed E-state index contributed by atoms with van der Waals surface area (Å²) in [6.45, 7) is 0.746. The lowest BCUT2D eigenvalue weighted by Gasteiger charge is -2.12. The van der Waals surface area contributed by atoms with Crippen LogP contribution in [-0.2, 0) is 4.79 Å². The average molecular weight is 218 g/mol. The van der Waals surface area contributed by atoms with Crippen molar-refractivity contribution in [2.24, 2.45) is 5.73 Å². The molecule has 1 aliphatic carbocycles. The van der Waals surface area contributed by atoms with Crippen molar-refractivity contribution in [2.45, 2.75) is 24.0 Å². The van der Waals surface area contributed by atoms with E-state index in [2.05, 4.69) is 23.8 Å². The predicted molar refractivity (Wildman–Crippen MR) is 59.9 cm³/mol. The Morgan fingerprint density at radius 2 is 2.31 bits per heavy atom. The Balaban J connectivity index is 2.19. The van der Waals surface area contributed by atoms with Crippen LogP contribution in [0.4, 0.5) is 0 Å². The van der Waals surface area contributed by atoms with E-state index in [1.54, 1.807) is 0 Å². The number of nitrogens with two attached hydrogens (primary N) is 1. The third-order valence-electron chi connectivity index (χ3n) is 2.18. The molecule has 0 spiro atoms. The standard InChI is InChI=1S/C8H14N2OS2/c1-13-8(2-3-8)5-10-7(11)4-6(9)12/h2-5H2,1H3,(H2,9,12)(H,10,11). The summed E-state index contributed by atoms with van der Waals surface area (Å²) >= 11 is 6.46. The Hall–Kier alpha value is -0.290. The molecular weight excluding hydrogens is 204 g/mol. The van der Waals surface area contributed by atoms with Gasteiger partial charge in [-0.05, 0) is 19.1 Å². The first kappa shape index (κ1) is 10.8. The van der Waals surface area contributed by atoms with Crippen molar-refractivity contribution in [2.75, 3.05) is 12.8 Å². The quantitative estimate of drug-likeness (QED) is 0.666. The zero-order valence-corrected chi connectivity index (χ0v) is 9.26. The largest absolute Gasteiger partial charge is 0.393 e. The van der Waals surface area contributed by atoms with Crippen molar-refractivity contribution in [1.82, 2.24) is 5.32 Å². The second-order valence-corrected chi connectivity index (χ2v) is 5.11. The highest BCUT2D eigenvalue weighted by molar-refractivity contribution is 8.00. The van der Waals surface area contributed by atoms with Crippen LogP contribution in [0, 0.1) is 0 Å². The molecule has 0 saturated heterocycles. The summed E-state index contributed by atoms with van der Waals surface area (Å²) in [5.41, 5.74) is 5.25. The smallest absolute Gasteiger partial charge is 0.226 e. The molecule has 1 fully saturated rings.